The second-order valence-corrected chi connectivity index (χ2v) is 5.96. The molecule has 6 heteroatoms. The molecule has 1 unspecified atom stereocenters. The van der Waals surface area contributed by atoms with Crippen LogP contribution >= 0.6 is 22.9 Å². The Morgan fingerprint density at radius 3 is 2.74 bits per heavy atom. The number of amides is 2. The van der Waals surface area contributed by atoms with E-state index in [2.05, 4.69) is 10.6 Å². The normalized spacial score (nSPS) is 18.2. The number of benzene rings is 1. The minimum absolute atomic E-state index is 0.265. The molecule has 3 nitrogen and oxygen atoms in total. The number of hydrogen-bond acceptors (Lipinski definition) is 2. The predicted octanol–water partition coefficient (Wildman–Crippen LogP) is 3.56. The van der Waals surface area contributed by atoms with Gasteiger partial charge in [0.2, 0.25) is 0 Å². The van der Waals surface area contributed by atoms with Crippen LogP contribution in [0, 0.1) is 5.82 Å². The summed E-state index contributed by atoms with van der Waals surface area (Å²) >= 11 is 7.27. The molecule has 2 N–H and O–H groups in total. The van der Waals surface area contributed by atoms with Crippen molar-refractivity contribution in [2.45, 2.75) is 6.04 Å². The number of hydrogen-bond donors (Lipinski definition) is 2. The number of carbonyl (C=O) groups is 1. The van der Waals surface area contributed by atoms with Crippen LogP contribution in [0.15, 0.2) is 30.3 Å². The first kappa shape index (κ1) is 12.4. The van der Waals surface area contributed by atoms with Gasteiger partial charge < -0.3 is 10.6 Å². The topological polar surface area (TPSA) is 41.1 Å². The van der Waals surface area contributed by atoms with Gasteiger partial charge in [-0.05, 0) is 23.8 Å². The van der Waals surface area contributed by atoms with Crippen molar-refractivity contribution in [1.82, 2.24) is 10.6 Å². The highest BCUT2D eigenvalue weighted by atomic mass is 35.5. The molecule has 98 valence electrons. The highest BCUT2D eigenvalue weighted by Gasteiger charge is 2.24. The van der Waals surface area contributed by atoms with Crippen LogP contribution in [0.3, 0.4) is 0 Å². The van der Waals surface area contributed by atoms with Crippen molar-refractivity contribution in [1.29, 1.82) is 0 Å². The SMILES string of the molecule is O=C1NCC(c2ccc(-c3ccc(Cl)s3)cc2F)N1. The van der Waals surface area contributed by atoms with Gasteiger partial charge in [-0.2, -0.15) is 0 Å². The molecular weight excluding hydrogens is 287 g/mol. The lowest BCUT2D eigenvalue weighted by molar-refractivity contribution is 0.247. The van der Waals surface area contributed by atoms with Crippen LogP contribution in [-0.2, 0) is 0 Å². The van der Waals surface area contributed by atoms with Gasteiger partial charge in [0.05, 0.1) is 10.4 Å². The molecular formula is C13H10ClFN2OS. The van der Waals surface area contributed by atoms with Crippen LogP contribution in [-0.4, -0.2) is 12.6 Å². The Labute approximate surface area is 118 Å². The third-order valence-electron chi connectivity index (χ3n) is 3.01. The summed E-state index contributed by atoms with van der Waals surface area (Å²) in [6.45, 7) is 0.403. The third kappa shape index (κ3) is 2.43. The Morgan fingerprint density at radius 2 is 2.16 bits per heavy atom. The minimum atomic E-state index is -0.323. The van der Waals surface area contributed by atoms with E-state index in [1.54, 1.807) is 12.1 Å². The first-order valence-electron chi connectivity index (χ1n) is 5.73. The van der Waals surface area contributed by atoms with E-state index in [0.29, 0.717) is 16.4 Å². The molecule has 0 radical (unpaired) electrons. The zero-order valence-corrected chi connectivity index (χ0v) is 11.3. The molecule has 1 saturated heterocycles. The Balaban J connectivity index is 1.91. The first-order chi connectivity index (χ1) is 9.13. The molecule has 0 spiro atoms. The largest absolute Gasteiger partial charge is 0.336 e. The van der Waals surface area contributed by atoms with Gasteiger partial charge in [0, 0.05) is 17.0 Å². The smallest absolute Gasteiger partial charge is 0.315 e. The van der Waals surface area contributed by atoms with E-state index in [0.717, 1.165) is 10.4 Å². The predicted molar refractivity (Wildman–Crippen MR) is 74.0 cm³/mol. The fourth-order valence-corrected chi connectivity index (χ4v) is 3.11. The molecule has 1 aliphatic heterocycles. The van der Waals surface area contributed by atoms with E-state index in [1.807, 2.05) is 12.1 Å². The van der Waals surface area contributed by atoms with E-state index in [9.17, 15) is 9.18 Å². The van der Waals surface area contributed by atoms with Crippen molar-refractivity contribution < 1.29 is 9.18 Å². The van der Waals surface area contributed by atoms with E-state index in [1.165, 1.54) is 17.4 Å². The van der Waals surface area contributed by atoms with E-state index in [4.69, 9.17) is 11.6 Å². The average Bonchev–Trinajstić information content (AvgIpc) is 2.98. The molecule has 1 aromatic heterocycles. The molecule has 0 aliphatic carbocycles. The summed E-state index contributed by atoms with van der Waals surface area (Å²) in [5, 5.41) is 5.28. The van der Waals surface area contributed by atoms with E-state index >= 15 is 0 Å². The van der Waals surface area contributed by atoms with Crippen LogP contribution in [0.1, 0.15) is 11.6 Å². The molecule has 0 saturated carbocycles. The molecule has 2 amide bonds. The van der Waals surface area contributed by atoms with E-state index in [-0.39, 0.29) is 17.9 Å². The van der Waals surface area contributed by atoms with Crippen molar-refractivity contribution in [2.24, 2.45) is 0 Å². The molecule has 3 rings (SSSR count). The lowest BCUT2D eigenvalue weighted by Gasteiger charge is -2.11. The van der Waals surface area contributed by atoms with Crippen molar-refractivity contribution >= 4 is 29.0 Å². The highest BCUT2D eigenvalue weighted by Crippen LogP contribution is 2.32. The number of rotatable bonds is 2. The standard InChI is InChI=1S/C13H10ClFN2OS/c14-12-4-3-11(19-12)7-1-2-8(9(15)5-7)10-6-16-13(18)17-10/h1-5,10H,6H2,(H2,16,17,18). The second-order valence-electron chi connectivity index (χ2n) is 4.25. The van der Waals surface area contributed by atoms with Gasteiger partial charge >= 0.3 is 6.03 Å². The fraction of sp³-hybridized carbons (Fsp3) is 0.154. The van der Waals surface area contributed by atoms with Crippen molar-refractivity contribution in [3.8, 4) is 10.4 Å². The number of halogens is 2. The summed E-state index contributed by atoms with van der Waals surface area (Å²) in [5.41, 5.74) is 1.28. The first-order valence-corrected chi connectivity index (χ1v) is 6.92. The Bertz CT molecular complexity index is 643. The molecule has 19 heavy (non-hydrogen) atoms. The van der Waals surface area contributed by atoms with Crippen LogP contribution < -0.4 is 10.6 Å². The Kier molecular flexibility index (Phi) is 3.16. The summed E-state index contributed by atoms with van der Waals surface area (Å²) < 4.78 is 14.8. The van der Waals surface area contributed by atoms with Gasteiger partial charge in [-0.3, -0.25) is 0 Å². The van der Waals surface area contributed by atoms with Crippen LogP contribution in [0.4, 0.5) is 9.18 Å². The molecule has 0 bridgehead atoms. The van der Waals surface area contributed by atoms with Gasteiger partial charge in [-0.25, -0.2) is 9.18 Å². The van der Waals surface area contributed by atoms with Crippen LogP contribution in [0.25, 0.3) is 10.4 Å². The fourth-order valence-electron chi connectivity index (χ4n) is 2.08. The summed E-state index contributed by atoms with van der Waals surface area (Å²) in [6, 6.07) is 8.09. The van der Waals surface area contributed by atoms with E-state index < -0.39 is 0 Å². The second kappa shape index (κ2) is 4.83. The maximum absolute atomic E-state index is 14.1. The zero-order chi connectivity index (χ0) is 13.4. The van der Waals surface area contributed by atoms with Gasteiger partial charge in [0.25, 0.3) is 0 Å². The summed E-state index contributed by atoms with van der Waals surface area (Å²) in [5.74, 6) is -0.323. The summed E-state index contributed by atoms with van der Waals surface area (Å²) in [4.78, 5) is 12.0. The van der Waals surface area contributed by atoms with Gasteiger partial charge in [-0.15, -0.1) is 11.3 Å². The minimum Gasteiger partial charge on any atom is -0.336 e. The highest BCUT2D eigenvalue weighted by molar-refractivity contribution is 7.19. The monoisotopic (exact) mass is 296 g/mol. The van der Waals surface area contributed by atoms with Gasteiger partial charge in [0.15, 0.2) is 0 Å². The number of nitrogens with one attached hydrogen (secondary N) is 2. The number of urea groups is 1. The number of thiophene rings is 1. The maximum Gasteiger partial charge on any atom is 0.315 e. The molecule has 2 heterocycles. The third-order valence-corrected chi connectivity index (χ3v) is 4.29. The quantitative estimate of drug-likeness (QED) is 0.874. The maximum atomic E-state index is 14.1. The van der Waals surface area contributed by atoms with Crippen LogP contribution in [0.2, 0.25) is 4.34 Å². The number of carbonyl (C=O) groups excluding carboxylic acids is 1. The molecule has 1 fully saturated rings. The van der Waals surface area contributed by atoms with Crippen molar-refractivity contribution in [3.63, 3.8) is 0 Å². The summed E-state index contributed by atoms with van der Waals surface area (Å²) in [7, 11) is 0. The van der Waals surface area contributed by atoms with Crippen LogP contribution in [0.5, 0.6) is 0 Å². The molecule has 1 atom stereocenters. The molecule has 1 aliphatic rings. The Morgan fingerprint density at radius 1 is 1.32 bits per heavy atom. The van der Waals surface area contributed by atoms with Crippen molar-refractivity contribution in [2.75, 3.05) is 6.54 Å². The summed E-state index contributed by atoms with van der Waals surface area (Å²) in [6.07, 6.45) is 0. The molecule has 1 aromatic carbocycles. The Hall–Kier alpha value is -1.59. The van der Waals surface area contributed by atoms with Crippen molar-refractivity contribution in [3.05, 3.63) is 46.0 Å². The lowest BCUT2D eigenvalue weighted by atomic mass is 10.0. The molecule has 2 aromatic rings. The van der Waals surface area contributed by atoms with Gasteiger partial charge in [0.1, 0.15) is 5.82 Å². The van der Waals surface area contributed by atoms with Gasteiger partial charge in [-0.1, -0.05) is 23.7 Å². The lowest BCUT2D eigenvalue weighted by Crippen LogP contribution is -2.22. The average molecular weight is 297 g/mol. The zero-order valence-electron chi connectivity index (χ0n) is 9.74.